The van der Waals surface area contributed by atoms with Crippen molar-refractivity contribution in [2.75, 3.05) is 126 Å². The average Bonchev–Trinajstić information content (AvgIpc) is 1.76. The molecule has 0 radical (unpaired) electrons. The van der Waals surface area contributed by atoms with Gasteiger partial charge in [0.05, 0.1) is 53.4 Å². The molecule has 3 saturated heterocycles. The van der Waals surface area contributed by atoms with Crippen LogP contribution in [0, 0.1) is 17.5 Å². The number of anilines is 3. The van der Waals surface area contributed by atoms with E-state index in [0.29, 0.717) is 102 Å². The van der Waals surface area contributed by atoms with E-state index < -0.39 is 68.3 Å². The molecular weight excluding hydrogens is 1240 g/mol. The first-order chi connectivity index (χ1) is 45.5. The van der Waals surface area contributed by atoms with E-state index in [1.165, 1.54) is 18.6 Å². The molecule has 0 amide bonds. The number of hydrogen-bond donors (Lipinski definition) is 9. The number of aliphatic imine (C=N–C) groups is 6. The highest BCUT2D eigenvalue weighted by Crippen LogP contribution is 2.40. The third-order valence-electron chi connectivity index (χ3n) is 17.6. The van der Waals surface area contributed by atoms with Crippen LogP contribution in [0.5, 0.6) is 0 Å². The number of rotatable bonds is 17. The van der Waals surface area contributed by atoms with Crippen molar-refractivity contribution in [3.63, 3.8) is 0 Å². The maximum Gasteiger partial charge on any atom is 0.341 e. The van der Waals surface area contributed by atoms with Gasteiger partial charge in [0.2, 0.25) is 34.2 Å². The second-order valence-corrected chi connectivity index (χ2v) is 23.6. The standard InChI is InChI=1S/C61H73F3N22O9/c1-2-78-29-38(53(90)91)50(87)35-23-41(62)47(26-44(35)78)79-11-17-82(18-12-79)59(68)74-56(65)71-7-9-77(32-73-58(67)76-61(70)84-21-15-81(16-22-84)49-28-46-37(25-43(49)64)52(89)40(55(94)95)31-86(46)34-5-6-34)10-8-72-57(66)75-60(69)83-19-13-80(14-20-83)48-27-45-36(24-42(48)63)51(88)39(54(92)93)30-85(45)33-3-4-33/h23-31,33-34H,2-22,32H2,1H3,(H,90,91)(H,92,93)(H,94,95)(H4,65,68,71,74)(H4,66,69,72,75)(H4,67,70,73,76). The Labute approximate surface area is 539 Å². The van der Waals surface area contributed by atoms with Gasteiger partial charge in [0.25, 0.3) is 0 Å². The first-order valence-corrected chi connectivity index (χ1v) is 30.9. The fourth-order valence-electron chi connectivity index (χ4n) is 12.1. The first kappa shape index (κ1) is 65.6. The number of piperazine rings is 3. The minimum Gasteiger partial charge on any atom is -0.477 e. The van der Waals surface area contributed by atoms with Crippen LogP contribution in [-0.4, -0.2) is 214 Å². The molecule has 5 fully saturated rings. The molecule has 0 unspecified atom stereocenters. The van der Waals surface area contributed by atoms with Crippen LogP contribution in [0.2, 0.25) is 0 Å². The summed E-state index contributed by atoms with van der Waals surface area (Å²) in [5, 5.41) is 28.9. The van der Waals surface area contributed by atoms with Crippen LogP contribution in [0.25, 0.3) is 32.7 Å². The minimum atomic E-state index is -1.40. The maximum atomic E-state index is 15.8. The van der Waals surface area contributed by atoms with Gasteiger partial charge < -0.3 is 92.8 Å². The van der Waals surface area contributed by atoms with E-state index in [0.717, 1.165) is 43.9 Å². The van der Waals surface area contributed by atoms with Crippen molar-refractivity contribution >= 4 is 103 Å². The summed E-state index contributed by atoms with van der Waals surface area (Å²) >= 11 is 0. The van der Waals surface area contributed by atoms with Gasteiger partial charge in [0, 0.05) is 145 Å². The van der Waals surface area contributed by atoms with Gasteiger partial charge in [-0.15, -0.1) is 0 Å². The fourth-order valence-corrected chi connectivity index (χ4v) is 12.1. The molecule has 3 aromatic carbocycles. The lowest BCUT2D eigenvalue weighted by atomic mass is 10.1. The number of pyridine rings is 3. The molecule has 95 heavy (non-hydrogen) atoms. The van der Waals surface area contributed by atoms with Gasteiger partial charge in [-0.25, -0.2) is 32.5 Å². The number of guanidine groups is 6. The van der Waals surface area contributed by atoms with Crippen LogP contribution >= 0.6 is 0 Å². The summed E-state index contributed by atoms with van der Waals surface area (Å²) in [7, 11) is 0. The van der Waals surface area contributed by atoms with E-state index in [1.54, 1.807) is 58.4 Å². The van der Waals surface area contributed by atoms with Crippen LogP contribution in [0.15, 0.2) is 99.3 Å². The Bertz CT molecular complexity index is 4440. The molecule has 3 aliphatic heterocycles. The van der Waals surface area contributed by atoms with Crippen LogP contribution < -0.4 is 65.4 Å². The SMILES string of the molecule is CCn1cc(C(=O)O)c(=O)c2cc(F)c(N3CCN(/C(N)=N\C(N)=NCCN(CCN=C(N)/N=C(/N)N4CCN(c5cc6c(cc5F)c(=O)c(C(=O)O)cn6C5CC5)CC4)C/N=C(N)\N=C(\N)N4CCN(c5cc6c(cc5F)c(=O)c(C(=O)O)cn6C5CC5)CC4)CC3)cc21. The molecule has 0 spiro atoms. The molecule has 2 saturated carbocycles. The molecule has 31 nitrogen and oxygen atoms in total. The number of carboxylic acids is 3. The highest BCUT2D eigenvalue weighted by Gasteiger charge is 2.32. The van der Waals surface area contributed by atoms with Gasteiger partial charge in [0.15, 0.2) is 17.9 Å². The summed E-state index contributed by atoms with van der Waals surface area (Å²) in [6.07, 6.45) is 7.14. The maximum absolute atomic E-state index is 15.8. The third-order valence-corrected chi connectivity index (χ3v) is 17.6. The van der Waals surface area contributed by atoms with Crippen molar-refractivity contribution in [2.24, 2.45) is 64.4 Å². The summed E-state index contributed by atoms with van der Waals surface area (Å²) in [5.41, 5.74) is 36.8. The van der Waals surface area contributed by atoms with Crippen molar-refractivity contribution < 1.29 is 42.9 Å². The molecule has 15 N–H and O–H groups in total. The Morgan fingerprint density at radius 2 is 0.789 bits per heavy atom. The van der Waals surface area contributed by atoms with Crippen LogP contribution in [0.3, 0.4) is 0 Å². The molecule has 34 heteroatoms. The van der Waals surface area contributed by atoms with Crippen LogP contribution in [0.4, 0.5) is 30.2 Å². The van der Waals surface area contributed by atoms with Gasteiger partial charge in [-0.1, -0.05) is 0 Å². The van der Waals surface area contributed by atoms with Crippen molar-refractivity contribution in [3.8, 4) is 0 Å². The number of aromatic carboxylic acids is 3. The molecule has 502 valence electrons. The predicted molar refractivity (Wildman–Crippen MR) is 355 cm³/mol. The summed E-state index contributed by atoms with van der Waals surface area (Å²) in [6, 6.07) is 8.02. The van der Waals surface area contributed by atoms with Crippen LogP contribution in [-0.2, 0) is 6.54 Å². The summed E-state index contributed by atoms with van der Waals surface area (Å²) in [5.74, 6) is -6.38. The number of benzene rings is 3. The molecule has 6 aromatic rings. The number of nitrogens with zero attached hydrogens (tertiary/aromatic N) is 16. The number of fused-ring (bicyclic) bond motifs is 3. The smallest absolute Gasteiger partial charge is 0.341 e. The highest BCUT2D eigenvalue weighted by molar-refractivity contribution is 5.98. The van der Waals surface area contributed by atoms with Gasteiger partial charge in [-0.05, 0) is 69.0 Å². The van der Waals surface area contributed by atoms with Gasteiger partial charge in [-0.3, -0.25) is 29.3 Å². The molecule has 11 rings (SSSR count). The predicted octanol–water partition coefficient (Wildman–Crippen LogP) is 0.747. The van der Waals surface area contributed by atoms with Crippen molar-refractivity contribution in [1.82, 2.24) is 33.3 Å². The van der Waals surface area contributed by atoms with Gasteiger partial charge >= 0.3 is 17.9 Å². The highest BCUT2D eigenvalue weighted by atomic mass is 19.1. The lowest BCUT2D eigenvalue weighted by Crippen LogP contribution is -2.51. The summed E-state index contributed by atoms with van der Waals surface area (Å²) < 4.78 is 52.2. The second kappa shape index (κ2) is 27.3. The van der Waals surface area contributed by atoms with E-state index in [1.807, 2.05) is 14.7 Å². The van der Waals surface area contributed by atoms with Crippen LogP contribution in [0.1, 0.15) is 75.8 Å². The zero-order valence-corrected chi connectivity index (χ0v) is 52.0. The largest absolute Gasteiger partial charge is 0.477 e. The molecule has 0 atom stereocenters. The number of nitrogens with two attached hydrogens (primary N) is 6. The van der Waals surface area contributed by atoms with Crippen molar-refractivity contribution in [3.05, 3.63) is 120 Å². The van der Waals surface area contributed by atoms with Crippen molar-refractivity contribution in [2.45, 2.75) is 51.2 Å². The Balaban J connectivity index is 0.734. The molecule has 6 heterocycles. The molecular formula is C61H73F3N22O9. The lowest BCUT2D eigenvalue weighted by molar-refractivity contribution is 0.0684. The number of aryl methyl sites for hydroxylation is 1. The lowest BCUT2D eigenvalue weighted by Gasteiger charge is -2.36. The molecule has 3 aromatic heterocycles. The average molecular weight is 1320 g/mol. The number of carbonyl (C=O) groups is 3. The van der Waals surface area contributed by atoms with Gasteiger partial charge in [-0.2, -0.15) is 15.0 Å². The minimum absolute atomic E-state index is 0.00244. The Kier molecular flexibility index (Phi) is 18.9. The van der Waals surface area contributed by atoms with E-state index >= 15 is 13.2 Å². The monoisotopic (exact) mass is 1310 g/mol. The topological polar surface area (TPSA) is 431 Å². The normalized spacial score (nSPS) is 17.5. The summed E-state index contributed by atoms with van der Waals surface area (Å²) in [4.78, 5) is 113. The number of aromatic nitrogens is 3. The fraction of sp³-hybridized carbons (Fsp3) is 0.410. The van der Waals surface area contributed by atoms with E-state index in [2.05, 4.69) is 30.0 Å². The number of halogens is 3. The molecule has 2 aliphatic carbocycles. The first-order valence-electron chi connectivity index (χ1n) is 30.9. The number of carboxylic acid groups (broad SMARTS) is 3. The Morgan fingerprint density at radius 3 is 1.12 bits per heavy atom. The van der Waals surface area contributed by atoms with E-state index in [-0.39, 0.29) is 114 Å². The van der Waals surface area contributed by atoms with Crippen molar-refractivity contribution in [1.29, 1.82) is 0 Å². The molecule has 0 bridgehead atoms. The molecule has 5 aliphatic rings. The third kappa shape index (κ3) is 14.2. The Hall–Kier alpha value is -10.9. The quantitative estimate of drug-likeness (QED) is 0.0449. The zero-order valence-electron chi connectivity index (χ0n) is 52.0. The van der Waals surface area contributed by atoms with E-state index in [4.69, 9.17) is 34.4 Å². The second-order valence-electron chi connectivity index (χ2n) is 23.6. The van der Waals surface area contributed by atoms with E-state index in [9.17, 15) is 44.1 Å². The zero-order chi connectivity index (χ0) is 67.7. The Morgan fingerprint density at radius 1 is 0.474 bits per heavy atom. The van der Waals surface area contributed by atoms with Gasteiger partial charge in [0.1, 0.15) is 34.1 Å². The summed E-state index contributed by atoms with van der Waals surface area (Å²) in [6.45, 7) is 6.55. The number of hydrogen-bond acceptors (Lipinski definition) is 13.